The van der Waals surface area contributed by atoms with E-state index in [4.69, 9.17) is 24.5 Å². The van der Waals surface area contributed by atoms with Crippen molar-refractivity contribution in [2.24, 2.45) is 17.0 Å². The minimum absolute atomic E-state index is 0.134. The van der Waals surface area contributed by atoms with Gasteiger partial charge in [0.05, 0.1) is 51.3 Å². The van der Waals surface area contributed by atoms with Gasteiger partial charge in [-0.05, 0) is 30.7 Å². The Morgan fingerprint density at radius 2 is 1.65 bits per heavy atom. The van der Waals surface area contributed by atoms with Crippen LogP contribution in [0.1, 0.15) is 34.1 Å². The maximum absolute atomic E-state index is 8.11. The maximum Gasteiger partial charge on any atom is 0.0866 e. The van der Waals surface area contributed by atoms with Crippen LogP contribution in [-0.4, -0.2) is 57.9 Å². The standard InChI is InChI=1S/C16H31N3O4/c1-5-15-16(13(3)12(2)14(4)23-15)22-11-10-21-9-8-20-7-6-18-19-17/h12-16H,5-11H2,1-4H3. The van der Waals surface area contributed by atoms with E-state index in [0.29, 0.717) is 51.4 Å². The van der Waals surface area contributed by atoms with Crippen LogP contribution in [0.3, 0.4) is 0 Å². The number of hydrogen-bond donors (Lipinski definition) is 0. The average Bonchev–Trinajstić information content (AvgIpc) is 2.55. The molecule has 0 bridgehead atoms. The molecular weight excluding hydrogens is 298 g/mol. The van der Waals surface area contributed by atoms with Crippen molar-refractivity contribution in [1.29, 1.82) is 0 Å². The van der Waals surface area contributed by atoms with Gasteiger partial charge in [-0.2, -0.15) is 0 Å². The lowest BCUT2D eigenvalue weighted by Gasteiger charge is -2.43. The summed E-state index contributed by atoms with van der Waals surface area (Å²) < 4.78 is 22.8. The van der Waals surface area contributed by atoms with Gasteiger partial charge in [0.25, 0.3) is 0 Å². The average molecular weight is 329 g/mol. The van der Waals surface area contributed by atoms with E-state index in [2.05, 4.69) is 37.7 Å². The Labute approximate surface area is 139 Å². The van der Waals surface area contributed by atoms with Crippen LogP contribution in [0, 0.1) is 11.8 Å². The van der Waals surface area contributed by atoms with Gasteiger partial charge in [0.15, 0.2) is 0 Å². The van der Waals surface area contributed by atoms with Crippen LogP contribution in [0.2, 0.25) is 0 Å². The summed E-state index contributed by atoms with van der Waals surface area (Å²) in [6, 6.07) is 0. The van der Waals surface area contributed by atoms with Crippen LogP contribution < -0.4 is 0 Å². The third-order valence-electron chi connectivity index (χ3n) is 4.56. The van der Waals surface area contributed by atoms with Crippen LogP contribution in [0.5, 0.6) is 0 Å². The van der Waals surface area contributed by atoms with Gasteiger partial charge in [-0.25, -0.2) is 0 Å². The SMILES string of the molecule is CCC1OC(C)C(C)C(C)C1OCCOCCOCCN=[N+]=[N-]. The minimum Gasteiger partial charge on any atom is -0.379 e. The normalized spacial score (nSPS) is 30.9. The summed E-state index contributed by atoms with van der Waals surface area (Å²) >= 11 is 0. The number of hydrogen-bond acceptors (Lipinski definition) is 5. The zero-order valence-electron chi connectivity index (χ0n) is 14.8. The Morgan fingerprint density at radius 3 is 2.30 bits per heavy atom. The monoisotopic (exact) mass is 329 g/mol. The molecule has 1 aliphatic heterocycles. The second kappa shape index (κ2) is 11.6. The number of nitrogens with zero attached hydrogens (tertiary/aromatic N) is 3. The van der Waals surface area contributed by atoms with Crippen LogP contribution in [0.25, 0.3) is 10.4 Å². The first kappa shape index (κ1) is 20.2. The lowest BCUT2D eigenvalue weighted by atomic mass is 9.81. The van der Waals surface area contributed by atoms with Gasteiger partial charge >= 0.3 is 0 Å². The molecule has 23 heavy (non-hydrogen) atoms. The molecular formula is C16H31N3O4. The van der Waals surface area contributed by atoms with Gasteiger partial charge in [-0.1, -0.05) is 25.9 Å². The fourth-order valence-corrected chi connectivity index (χ4v) is 2.85. The van der Waals surface area contributed by atoms with Crippen molar-refractivity contribution in [3.63, 3.8) is 0 Å². The highest BCUT2D eigenvalue weighted by Crippen LogP contribution is 2.33. The van der Waals surface area contributed by atoms with Crippen LogP contribution in [0.4, 0.5) is 0 Å². The van der Waals surface area contributed by atoms with E-state index in [-0.39, 0.29) is 18.3 Å². The fraction of sp³-hybridized carbons (Fsp3) is 1.00. The van der Waals surface area contributed by atoms with Crippen molar-refractivity contribution in [2.75, 3.05) is 39.6 Å². The molecule has 5 atom stereocenters. The Balaban J connectivity index is 2.12. The molecule has 0 N–H and O–H groups in total. The van der Waals surface area contributed by atoms with Gasteiger partial charge in [-0.15, -0.1) is 0 Å². The zero-order chi connectivity index (χ0) is 17.1. The van der Waals surface area contributed by atoms with Gasteiger partial charge in [-0.3, -0.25) is 0 Å². The molecule has 0 amide bonds. The highest BCUT2D eigenvalue weighted by atomic mass is 16.6. The van der Waals surface area contributed by atoms with E-state index in [1.165, 1.54) is 0 Å². The molecule has 1 rings (SSSR count). The molecule has 7 nitrogen and oxygen atoms in total. The molecule has 0 spiro atoms. The van der Waals surface area contributed by atoms with Crippen LogP contribution in [-0.2, 0) is 18.9 Å². The third kappa shape index (κ3) is 7.06. The topological polar surface area (TPSA) is 85.7 Å². The lowest BCUT2D eigenvalue weighted by molar-refractivity contribution is -0.185. The molecule has 0 aromatic carbocycles. The van der Waals surface area contributed by atoms with Crippen molar-refractivity contribution in [3.8, 4) is 0 Å². The first-order valence-electron chi connectivity index (χ1n) is 8.55. The van der Waals surface area contributed by atoms with Gasteiger partial charge in [0, 0.05) is 11.5 Å². The molecule has 1 heterocycles. The molecule has 0 aromatic heterocycles. The molecule has 0 aliphatic carbocycles. The Hall–Kier alpha value is -0.850. The van der Waals surface area contributed by atoms with Crippen LogP contribution in [0.15, 0.2) is 5.11 Å². The lowest BCUT2D eigenvalue weighted by Crippen LogP contribution is -2.49. The Kier molecular flexibility index (Phi) is 10.2. The summed E-state index contributed by atoms with van der Waals surface area (Å²) in [6.07, 6.45) is 1.55. The summed E-state index contributed by atoms with van der Waals surface area (Å²) in [4.78, 5) is 2.65. The van der Waals surface area contributed by atoms with Gasteiger partial charge < -0.3 is 18.9 Å². The minimum atomic E-state index is 0.134. The summed E-state index contributed by atoms with van der Waals surface area (Å²) in [7, 11) is 0. The number of ether oxygens (including phenoxy) is 4. The molecule has 1 aliphatic rings. The van der Waals surface area contributed by atoms with Crippen molar-refractivity contribution < 1.29 is 18.9 Å². The molecule has 134 valence electrons. The van der Waals surface area contributed by atoms with Gasteiger partial charge in [0.1, 0.15) is 0 Å². The van der Waals surface area contributed by atoms with Crippen molar-refractivity contribution in [2.45, 2.75) is 52.4 Å². The zero-order valence-corrected chi connectivity index (χ0v) is 14.8. The third-order valence-corrected chi connectivity index (χ3v) is 4.56. The number of azide groups is 1. The van der Waals surface area contributed by atoms with Crippen molar-refractivity contribution in [1.82, 2.24) is 0 Å². The fourth-order valence-electron chi connectivity index (χ4n) is 2.85. The second-order valence-electron chi connectivity index (χ2n) is 6.02. The summed E-state index contributed by atoms with van der Waals surface area (Å²) in [5, 5.41) is 3.39. The van der Waals surface area contributed by atoms with Crippen LogP contribution >= 0.6 is 0 Å². The predicted octanol–water partition coefficient (Wildman–Crippen LogP) is 3.18. The molecule has 7 heteroatoms. The molecule has 1 fully saturated rings. The van der Waals surface area contributed by atoms with E-state index in [1.54, 1.807) is 0 Å². The molecule has 5 unspecified atom stereocenters. The quantitative estimate of drug-likeness (QED) is 0.252. The van der Waals surface area contributed by atoms with E-state index in [0.717, 1.165) is 6.42 Å². The predicted molar refractivity (Wildman–Crippen MR) is 88.3 cm³/mol. The molecule has 0 aromatic rings. The summed E-state index contributed by atoms with van der Waals surface area (Å²) in [6.45, 7) is 11.7. The second-order valence-corrected chi connectivity index (χ2v) is 6.02. The largest absolute Gasteiger partial charge is 0.379 e. The smallest absolute Gasteiger partial charge is 0.0866 e. The van der Waals surface area contributed by atoms with E-state index in [9.17, 15) is 0 Å². The molecule has 0 radical (unpaired) electrons. The molecule has 1 saturated heterocycles. The first-order chi connectivity index (χ1) is 11.1. The Bertz CT molecular complexity index is 361. The first-order valence-corrected chi connectivity index (χ1v) is 8.55. The maximum atomic E-state index is 8.11. The van der Waals surface area contributed by atoms with Gasteiger partial charge in [0.2, 0.25) is 0 Å². The van der Waals surface area contributed by atoms with Crippen molar-refractivity contribution in [3.05, 3.63) is 10.4 Å². The highest BCUT2D eigenvalue weighted by molar-refractivity contribution is 4.86. The van der Waals surface area contributed by atoms with E-state index in [1.807, 2.05) is 0 Å². The summed E-state index contributed by atoms with van der Waals surface area (Å²) in [5.41, 5.74) is 8.11. The summed E-state index contributed by atoms with van der Waals surface area (Å²) in [5.74, 6) is 0.973. The van der Waals surface area contributed by atoms with E-state index >= 15 is 0 Å². The van der Waals surface area contributed by atoms with E-state index < -0.39 is 0 Å². The van der Waals surface area contributed by atoms with Crippen molar-refractivity contribution >= 4 is 0 Å². The number of rotatable bonds is 11. The Morgan fingerprint density at radius 1 is 1.00 bits per heavy atom. The molecule has 0 saturated carbocycles. The highest BCUT2D eigenvalue weighted by Gasteiger charge is 2.39.